The Bertz CT molecular complexity index is 717. The minimum atomic E-state index is -4.42. The third-order valence-corrected chi connectivity index (χ3v) is 6.45. The lowest BCUT2D eigenvalue weighted by atomic mass is 9.92. The molecule has 2 fully saturated rings. The number of alkyl halides is 3. The molecule has 30 heavy (non-hydrogen) atoms. The maximum Gasteiger partial charge on any atom is 0.416 e. The van der Waals surface area contributed by atoms with Crippen molar-refractivity contribution in [1.82, 2.24) is 20.4 Å². The van der Waals surface area contributed by atoms with E-state index in [2.05, 4.69) is 41.5 Å². The van der Waals surface area contributed by atoms with E-state index in [0.29, 0.717) is 18.2 Å². The molecule has 2 saturated heterocycles. The van der Waals surface area contributed by atoms with Gasteiger partial charge in [0.25, 0.3) is 0 Å². The van der Waals surface area contributed by atoms with Crippen molar-refractivity contribution < 1.29 is 18.0 Å². The number of nitrogens with zero attached hydrogens (tertiary/aromatic N) is 2. The van der Waals surface area contributed by atoms with E-state index >= 15 is 0 Å². The molecule has 3 rings (SSSR count). The predicted octanol–water partition coefficient (Wildman–Crippen LogP) is 3.06. The first-order chi connectivity index (χ1) is 14.1. The first-order valence-corrected chi connectivity index (χ1v) is 10.7. The van der Waals surface area contributed by atoms with E-state index in [1.165, 1.54) is 12.1 Å². The van der Waals surface area contributed by atoms with Gasteiger partial charge in [0.05, 0.1) is 11.7 Å². The molecule has 3 unspecified atom stereocenters. The van der Waals surface area contributed by atoms with Gasteiger partial charge in [-0.25, -0.2) is 0 Å². The summed E-state index contributed by atoms with van der Waals surface area (Å²) in [5.74, 6) is -0.298. The Morgan fingerprint density at radius 2 is 1.87 bits per heavy atom. The van der Waals surface area contributed by atoms with Crippen LogP contribution in [-0.4, -0.2) is 61.1 Å². The van der Waals surface area contributed by atoms with Crippen molar-refractivity contribution in [2.24, 2.45) is 5.92 Å². The van der Waals surface area contributed by atoms with E-state index < -0.39 is 11.7 Å². The molecular weight excluding hydrogens is 393 g/mol. The van der Waals surface area contributed by atoms with Crippen molar-refractivity contribution in [2.75, 3.05) is 27.2 Å². The minimum absolute atomic E-state index is 0.0963. The molecule has 8 heteroatoms. The van der Waals surface area contributed by atoms with Gasteiger partial charge in [-0.3, -0.25) is 15.0 Å². The third kappa shape index (κ3) is 5.74. The van der Waals surface area contributed by atoms with Crippen LogP contribution < -0.4 is 10.6 Å². The Morgan fingerprint density at radius 1 is 1.20 bits per heavy atom. The Balaban J connectivity index is 1.50. The number of halogens is 3. The highest BCUT2D eigenvalue weighted by Crippen LogP contribution is 2.32. The summed E-state index contributed by atoms with van der Waals surface area (Å²) in [6, 6.07) is 6.40. The summed E-state index contributed by atoms with van der Waals surface area (Å²) in [7, 11) is 4.24. The molecule has 1 aromatic rings. The van der Waals surface area contributed by atoms with E-state index in [-0.39, 0.29) is 23.9 Å². The monoisotopic (exact) mass is 426 g/mol. The fourth-order valence-corrected chi connectivity index (χ4v) is 4.65. The second kappa shape index (κ2) is 9.66. The van der Waals surface area contributed by atoms with Crippen LogP contribution in [0.25, 0.3) is 0 Å². The van der Waals surface area contributed by atoms with Gasteiger partial charge >= 0.3 is 6.18 Å². The quantitative estimate of drug-likeness (QED) is 0.760. The van der Waals surface area contributed by atoms with Crippen molar-refractivity contribution in [3.05, 3.63) is 35.4 Å². The number of carbonyl (C=O) groups is 1. The summed E-state index contributed by atoms with van der Waals surface area (Å²) in [5, 5.41) is 6.40. The van der Waals surface area contributed by atoms with Gasteiger partial charge in [0, 0.05) is 37.6 Å². The van der Waals surface area contributed by atoms with E-state index in [1.807, 2.05) is 0 Å². The zero-order chi connectivity index (χ0) is 21.9. The standard InChI is InChI=1S/C22H33F3N4O/c1-15-12-18(28(2)3)13-20(27-15)29-10-8-16(9-11-29)21(30)26-14-17-6-4-5-7-19(17)22(23,24)25/h4-7,15-16,18,20,27H,8-14H2,1-3H3,(H,26,30). The average molecular weight is 427 g/mol. The summed E-state index contributed by atoms with van der Waals surface area (Å²) >= 11 is 0. The molecule has 1 aromatic carbocycles. The molecule has 0 spiro atoms. The Labute approximate surface area is 177 Å². The number of carbonyl (C=O) groups excluding carboxylic acids is 1. The number of nitrogens with one attached hydrogen (secondary N) is 2. The van der Waals surface area contributed by atoms with Crippen molar-refractivity contribution >= 4 is 5.91 Å². The van der Waals surface area contributed by atoms with Crippen LogP contribution in [0.3, 0.4) is 0 Å². The first kappa shape index (κ1) is 23.0. The van der Waals surface area contributed by atoms with E-state index in [1.54, 1.807) is 6.07 Å². The zero-order valence-corrected chi connectivity index (χ0v) is 18.0. The number of benzene rings is 1. The molecule has 5 nitrogen and oxygen atoms in total. The summed E-state index contributed by atoms with van der Waals surface area (Å²) in [5.41, 5.74) is -0.584. The Kier molecular flexibility index (Phi) is 7.42. The highest BCUT2D eigenvalue weighted by Gasteiger charge is 2.35. The molecule has 0 bridgehead atoms. The lowest BCUT2D eigenvalue weighted by Crippen LogP contribution is -2.59. The van der Waals surface area contributed by atoms with Crippen LogP contribution in [0.1, 0.15) is 43.7 Å². The van der Waals surface area contributed by atoms with Gasteiger partial charge in [-0.15, -0.1) is 0 Å². The Morgan fingerprint density at radius 3 is 2.50 bits per heavy atom. The van der Waals surface area contributed by atoms with Crippen LogP contribution >= 0.6 is 0 Å². The molecule has 3 atom stereocenters. The van der Waals surface area contributed by atoms with E-state index in [0.717, 1.165) is 44.8 Å². The van der Waals surface area contributed by atoms with Gasteiger partial charge in [-0.2, -0.15) is 13.2 Å². The third-order valence-electron chi connectivity index (χ3n) is 6.45. The number of rotatable bonds is 5. The molecule has 0 aliphatic carbocycles. The molecule has 0 saturated carbocycles. The van der Waals surface area contributed by atoms with E-state index in [4.69, 9.17) is 0 Å². The maximum atomic E-state index is 13.1. The fraction of sp³-hybridized carbons (Fsp3) is 0.682. The van der Waals surface area contributed by atoms with Crippen LogP contribution in [0.2, 0.25) is 0 Å². The van der Waals surface area contributed by atoms with Crippen LogP contribution in [0, 0.1) is 5.92 Å². The van der Waals surface area contributed by atoms with E-state index in [9.17, 15) is 18.0 Å². The van der Waals surface area contributed by atoms with Gasteiger partial charge in [0.2, 0.25) is 5.91 Å². The van der Waals surface area contributed by atoms with Crippen LogP contribution in [0.4, 0.5) is 13.2 Å². The normalized spacial score (nSPS) is 26.7. The number of amides is 1. The Hall–Kier alpha value is -1.64. The molecule has 2 N–H and O–H groups in total. The molecule has 2 aliphatic heterocycles. The molecular formula is C22H33F3N4O. The van der Waals surface area contributed by atoms with Gasteiger partial charge in [0.15, 0.2) is 0 Å². The number of likely N-dealkylation sites (tertiary alicyclic amines) is 1. The van der Waals surface area contributed by atoms with Gasteiger partial charge in [0.1, 0.15) is 0 Å². The molecule has 2 aliphatic rings. The number of piperidine rings is 2. The average Bonchev–Trinajstić information content (AvgIpc) is 2.71. The lowest BCUT2D eigenvalue weighted by Gasteiger charge is -2.45. The second-order valence-corrected chi connectivity index (χ2v) is 8.86. The zero-order valence-electron chi connectivity index (χ0n) is 18.0. The SMILES string of the molecule is CC1CC(N(C)C)CC(N2CCC(C(=O)NCc3ccccc3C(F)(F)F)CC2)N1. The minimum Gasteiger partial charge on any atom is -0.352 e. The summed E-state index contributed by atoms with van der Waals surface area (Å²) in [4.78, 5) is 17.3. The fourth-order valence-electron chi connectivity index (χ4n) is 4.65. The van der Waals surface area contributed by atoms with Gasteiger partial charge < -0.3 is 10.2 Å². The highest BCUT2D eigenvalue weighted by molar-refractivity contribution is 5.78. The van der Waals surface area contributed by atoms with Gasteiger partial charge in [-0.05, 0) is 58.3 Å². The maximum absolute atomic E-state index is 13.1. The van der Waals surface area contributed by atoms with Crippen molar-refractivity contribution in [3.8, 4) is 0 Å². The van der Waals surface area contributed by atoms with Crippen LogP contribution in [-0.2, 0) is 17.5 Å². The first-order valence-electron chi connectivity index (χ1n) is 10.7. The second-order valence-electron chi connectivity index (χ2n) is 8.86. The molecule has 0 aromatic heterocycles. The van der Waals surface area contributed by atoms with Crippen molar-refractivity contribution in [3.63, 3.8) is 0 Å². The summed E-state index contributed by atoms with van der Waals surface area (Å²) < 4.78 is 39.4. The number of hydrogen-bond donors (Lipinski definition) is 2. The highest BCUT2D eigenvalue weighted by atomic mass is 19.4. The van der Waals surface area contributed by atoms with Crippen LogP contribution in [0.15, 0.2) is 24.3 Å². The molecule has 168 valence electrons. The van der Waals surface area contributed by atoms with Crippen molar-refractivity contribution in [1.29, 1.82) is 0 Å². The number of hydrogen-bond acceptors (Lipinski definition) is 4. The lowest BCUT2D eigenvalue weighted by molar-refractivity contribution is -0.138. The molecule has 1 amide bonds. The largest absolute Gasteiger partial charge is 0.416 e. The summed E-state index contributed by atoms with van der Waals surface area (Å²) in [6.07, 6.45) is -0.465. The van der Waals surface area contributed by atoms with Crippen LogP contribution in [0.5, 0.6) is 0 Å². The predicted molar refractivity (Wildman–Crippen MR) is 111 cm³/mol. The molecule has 2 heterocycles. The van der Waals surface area contributed by atoms with Crippen molar-refractivity contribution in [2.45, 2.75) is 63.6 Å². The van der Waals surface area contributed by atoms with Gasteiger partial charge in [-0.1, -0.05) is 18.2 Å². The topological polar surface area (TPSA) is 47.6 Å². The summed E-state index contributed by atoms with van der Waals surface area (Å²) in [6.45, 7) is 3.76. The molecule has 0 radical (unpaired) electrons. The smallest absolute Gasteiger partial charge is 0.352 e.